The Balaban J connectivity index is 2.23. The lowest BCUT2D eigenvalue weighted by Crippen LogP contribution is -2.40. The maximum Gasteiger partial charge on any atom is 0.0266 e. The summed E-state index contributed by atoms with van der Waals surface area (Å²) >= 11 is 6.00. The van der Waals surface area contributed by atoms with Crippen LogP contribution in [0.25, 0.3) is 0 Å². The average molecular weight is 232 g/mol. The first kappa shape index (κ1) is 13.3. The SMILES string of the molecule is CC(C)(C)CCNC1CCCCC1CCl. The van der Waals surface area contributed by atoms with Crippen LogP contribution in [0.4, 0.5) is 0 Å². The molecule has 15 heavy (non-hydrogen) atoms. The maximum absolute atomic E-state index is 6.00. The van der Waals surface area contributed by atoms with E-state index in [2.05, 4.69) is 26.1 Å². The van der Waals surface area contributed by atoms with Crippen LogP contribution in [0.15, 0.2) is 0 Å². The molecule has 0 heterocycles. The summed E-state index contributed by atoms with van der Waals surface area (Å²) in [5.41, 5.74) is 0.443. The highest BCUT2D eigenvalue weighted by Crippen LogP contribution is 2.26. The summed E-state index contributed by atoms with van der Waals surface area (Å²) in [6, 6.07) is 0.679. The number of halogens is 1. The molecule has 90 valence electrons. The zero-order valence-corrected chi connectivity index (χ0v) is 11.2. The minimum atomic E-state index is 0.443. The van der Waals surface area contributed by atoms with E-state index in [1.54, 1.807) is 0 Å². The minimum Gasteiger partial charge on any atom is -0.314 e. The number of hydrogen-bond acceptors (Lipinski definition) is 1. The van der Waals surface area contributed by atoms with Gasteiger partial charge in [-0.15, -0.1) is 11.6 Å². The number of rotatable bonds is 4. The van der Waals surface area contributed by atoms with E-state index in [1.165, 1.54) is 32.1 Å². The second kappa shape index (κ2) is 6.10. The van der Waals surface area contributed by atoms with Crippen molar-refractivity contribution < 1.29 is 0 Å². The molecule has 0 aromatic heterocycles. The molecule has 1 aliphatic rings. The molecule has 1 rings (SSSR count). The van der Waals surface area contributed by atoms with E-state index in [-0.39, 0.29) is 0 Å². The molecule has 2 heteroatoms. The highest BCUT2D eigenvalue weighted by Gasteiger charge is 2.23. The van der Waals surface area contributed by atoms with Crippen molar-refractivity contribution in [3.05, 3.63) is 0 Å². The largest absolute Gasteiger partial charge is 0.314 e. The Morgan fingerprint density at radius 3 is 2.47 bits per heavy atom. The number of hydrogen-bond donors (Lipinski definition) is 1. The summed E-state index contributed by atoms with van der Waals surface area (Å²) in [6.45, 7) is 8.04. The molecule has 0 saturated heterocycles. The number of nitrogens with one attached hydrogen (secondary N) is 1. The van der Waals surface area contributed by atoms with Gasteiger partial charge in [0.15, 0.2) is 0 Å². The van der Waals surface area contributed by atoms with E-state index in [1.807, 2.05) is 0 Å². The van der Waals surface area contributed by atoms with Crippen LogP contribution in [0.3, 0.4) is 0 Å². The minimum absolute atomic E-state index is 0.443. The standard InChI is InChI=1S/C13H26ClN/c1-13(2,3)8-9-15-12-7-5-4-6-11(12)10-14/h11-12,15H,4-10H2,1-3H3. The Morgan fingerprint density at radius 1 is 1.20 bits per heavy atom. The molecule has 2 unspecified atom stereocenters. The Morgan fingerprint density at radius 2 is 1.87 bits per heavy atom. The van der Waals surface area contributed by atoms with Gasteiger partial charge in [0.05, 0.1) is 0 Å². The van der Waals surface area contributed by atoms with Gasteiger partial charge in [-0.2, -0.15) is 0 Å². The Hall–Kier alpha value is 0.250. The monoisotopic (exact) mass is 231 g/mol. The van der Waals surface area contributed by atoms with E-state index < -0.39 is 0 Å². The quantitative estimate of drug-likeness (QED) is 0.726. The Bertz CT molecular complexity index is 174. The topological polar surface area (TPSA) is 12.0 Å². The van der Waals surface area contributed by atoms with E-state index in [4.69, 9.17) is 11.6 Å². The molecular formula is C13H26ClN. The second-order valence-corrected chi connectivity index (χ2v) is 6.38. The van der Waals surface area contributed by atoms with Gasteiger partial charge in [-0.25, -0.2) is 0 Å². The van der Waals surface area contributed by atoms with Crippen LogP contribution in [0.2, 0.25) is 0 Å². The molecule has 1 aliphatic carbocycles. The third kappa shape index (κ3) is 5.21. The molecule has 1 fully saturated rings. The van der Waals surface area contributed by atoms with Gasteiger partial charge in [0.25, 0.3) is 0 Å². The molecule has 2 atom stereocenters. The average Bonchev–Trinajstić information content (AvgIpc) is 2.16. The fraction of sp³-hybridized carbons (Fsp3) is 1.00. The van der Waals surface area contributed by atoms with Gasteiger partial charge in [-0.1, -0.05) is 33.6 Å². The fourth-order valence-corrected chi connectivity index (χ4v) is 2.66. The van der Waals surface area contributed by atoms with Crippen molar-refractivity contribution in [2.45, 2.75) is 58.9 Å². The van der Waals surface area contributed by atoms with Crippen LogP contribution < -0.4 is 5.32 Å². The van der Waals surface area contributed by atoms with Crippen LogP contribution in [-0.4, -0.2) is 18.5 Å². The van der Waals surface area contributed by atoms with E-state index >= 15 is 0 Å². The van der Waals surface area contributed by atoms with Gasteiger partial charge in [0.1, 0.15) is 0 Å². The summed E-state index contributed by atoms with van der Waals surface area (Å²) in [5.74, 6) is 1.54. The molecule has 0 radical (unpaired) electrons. The first-order valence-corrected chi connectivity index (χ1v) is 6.86. The van der Waals surface area contributed by atoms with Crippen molar-refractivity contribution in [1.82, 2.24) is 5.32 Å². The van der Waals surface area contributed by atoms with Crippen molar-refractivity contribution in [3.63, 3.8) is 0 Å². The van der Waals surface area contributed by atoms with E-state index in [0.717, 1.165) is 12.4 Å². The number of alkyl halides is 1. The molecule has 0 spiro atoms. The molecule has 0 aromatic carbocycles. The summed E-state index contributed by atoms with van der Waals surface area (Å²) in [5, 5.41) is 3.69. The smallest absolute Gasteiger partial charge is 0.0266 e. The zero-order valence-electron chi connectivity index (χ0n) is 10.5. The zero-order chi connectivity index (χ0) is 11.3. The summed E-state index contributed by atoms with van der Waals surface area (Å²) in [4.78, 5) is 0. The second-order valence-electron chi connectivity index (χ2n) is 6.07. The van der Waals surface area contributed by atoms with Crippen LogP contribution >= 0.6 is 11.6 Å². The first-order valence-electron chi connectivity index (χ1n) is 6.32. The Labute approximate surface area is 100.0 Å². The maximum atomic E-state index is 6.00. The van der Waals surface area contributed by atoms with E-state index in [9.17, 15) is 0 Å². The van der Waals surface area contributed by atoms with Crippen LogP contribution in [0.1, 0.15) is 52.9 Å². The van der Waals surface area contributed by atoms with Gasteiger partial charge >= 0.3 is 0 Å². The molecule has 1 saturated carbocycles. The molecule has 1 N–H and O–H groups in total. The van der Waals surface area contributed by atoms with Crippen LogP contribution in [0.5, 0.6) is 0 Å². The van der Waals surface area contributed by atoms with Crippen LogP contribution in [-0.2, 0) is 0 Å². The van der Waals surface area contributed by atoms with Gasteiger partial charge < -0.3 is 5.32 Å². The first-order chi connectivity index (χ1) is 7.03. The van der Waals surface area contributed by atoms with Gasteiger partial charge in [0.2, 0.25) is 0 Å². The molecule has 0 aliphatic heterocycles. The summed E-state index contributed by atoms with van der Waals surface area (Å²) < 4.78 is 0. The van der Waals surface area contributed by atoms with Crippen molar-refractivity contribution in [1.29, 1.82) is 0 Å². The van der Waals surface area contributed by atoms with Crippen LogP contribution in [0, 0.1) is 11.3 Å². The highest BCUT2D eigenvalue weighted by atomic mass is 35.5. The third-order valence-electron chi connectivity index (χ3n) is 3.39. The molecule has 1 nitrogen and oxygen atoms in total. The Kier molecular flexibility index (Phi) is 5.42. The summed E-state index contributed by atoms with van der Waals surface area (Å²) in [6.07, 6.45) is 6.63. The lowest BCUT2D eigenvalue weighted by atomic mass is 9.85. The lowest BCUT2D eigenvalue weighted by Gasteiger charge is -2.32. The molecular weight excluding hydrogens is 206 g/mol. The van der Waals surface area contributed by atoms with Crippen molar-refractivity contribution >= 4 is 11.6 Å². The third-order valence-corrected chi connectivity index (χ3v) is 3.79. The summed E-state index contributed by atoms with van der Waals surface area (Å²) in [7, 11) is 0. The molecule has 0 amide bonds. The lowest BCUT2D eigenvalue weighted by molar-refractivity contribution is 0.266. The fourth-order valence-electron chi connectivity index (χ4n) is 2.29. The normalized spacial score (nSPS) is 28.0. The van der Waals surface area contributed by atoms with Crippen molar-refractivity contribution in [3.8, 4) is 0 Å². The van der Waals surface area contributed by atoms with Crippen molar-refractivity contribution in [2.75, 3.05) is 12.4 Å². The highest BCUT2D eigenvalue weighted by molar-refractivity contribution is 6.18. The van der Waals surface area contributed by atoms with Gasteiger partial charge in [-0.05, 0) is 37.1 Å². The van der Waals surface area contributed by atoms with E-state index in [0.29, 0.717) is 17.4 Å². The predicted molar refractivity (Wildman–Crippen MR) is 68.5 cm³/mol. The van der Waals surface area contributed by atoms with Gasteiger partial charge in [0, 0.05) is 11.9 Å². The molecule has 0 aromatic rings. The predicted octanol–water partition coefficient (Wildman–Crippen LogP) is 3.81. The molecule has 0 bridgehead atoms. The van der Waals surface area contributed by atoms with Gasteiger partial charge in [-0.3, -0.25) is 0 Å². The van der Waals surface area contributed by atoms with Crippen molar-refractivity contribution in [2.24, 2.45) is 11.3 Å².